The van der Waals surface area contributed by atoms with Crippen LogP contribution < -0.4 is 5.32 Å². The summed E-state index contributed by atoms with van der Waals surface area (Å²) in [6, 6.07) is 5.35. The number of amides is 1. The van der Waals surface area contributed by atoms with Crippen molar-refractivity contribution in [2.45, 2.75) is 13.3 Å². The first-order valence-corrected chi connectivity index (χ1v) is 6.33. The van der Waals surface area contributed by atoms with E-state index >= 15 is 0 Å². The van der Waals surface area contributed by atoms with Crippen molar-refractivity contribution >= 4 is 11.9 Å². The number of aromatic amines is 2. The Morgan fingerprint density at radius 1 is 1.45 bits per heavy atom. The molecule has 2 rings (SSSR count). The second kappa shape index (κ2) is 6.55. The Morgan fingerprint density at radius 2 is 2.30 bits per heavy atom. The molecule has 0 fully saturated rings. The molecular formula is C13H16N4O3. The Kier molecular flexibility index (Phi) is 4.54. The molecular weight excluding hydrogens is 260 g/mol. The average molecular weight is 276 g/mol. The summed E-state index contributed by atoms with van der Waals surface area (Å²) in [7, 11) is 0. The van der Waals surface area contributed by atoms with Crippen LogP contribution >= 0.6 is 0 Å². The fraction of sp³-hybridized carbons (Fsp3) is 0.308. The van der Waals surface area contributed by atoms with Gasteiger partial charge in [-0.3, -0.25) is 14.7 Å². The molecule has 3 N–H and O–H groups in total. The van der Waals surface area contributed by atoms with E-state index in [1.807, 2.05) is 12.1 Å². The lowest BCUT2D eigenvalue weighted by Crippen LogP contribution is -2.26. The molecule has 0 saturated heterocycles. The van der Waals surface area contributed by atoms with E-state index in [1.54, 1.807) is 19.2 Å². The number of hydrogen-bond acceptors (Lipinski definition) is 4. The highest BCUT2D eigenvalue weighted by atomic mass is 16.5. The Morgan fingerprint density at radius 3 is 3.00 bits per heavy atom. The number of nitrogens with zero attached hydrogens (tertiary/aromatic N) is 1. The third-order valence-electron chi connectivity index (χ3n) is 2.62. The lowest BCUT2D eigenvalue weighted by atomic mass is 10.3. The number of aromatic nitrogens is 3. The molecule has 1 amide bonds. The van der Waals surface area contributed by atoms with Gasteiger partial charge in [0.25, 0.3) is 5.91 Å². The van der Waals surface area contributed by atoms with Crippen LogP contribution in [-0.4, -0.2) is 40.2 Å². The zero-order chi connectivity index (χ0) is 14.4. The standard InChI is InChI=1S/C13H16N4O3/c1-2-20-12(18)5-7-15-13(19)11-8-10(16-17-11)9-4-3-6-14-9/h3-4,6,8,14H,2,5,7H2,1H3,(H,15,19)(H,16,17). The van der Waals surface area contributed by atoms with Gasteiger partial charge in [-0.2, -0.15) is 5.10 Å². The van der Waals surface area contributed by atoms with Gasteiger partial charge in [-0.15, -0.1) is 0 Å². The van der Waals surface area contributed by atoms with Gasteiger partial charge in [0.1, 0.15) is 11.4 Å². The molecule has 2 aromatic rings. The molecule has 0 unspecified atom stereocenters. The lowest BCUT2D eigenvalue weighted by molar-refractivity contribution is -0.142. The highest BCUT2D eigenvalue weighted by Crippen LogP contribution is 2.14. The van der Waals surface area contributed by atoms with E-state index in [0.29, 0.717) is 18.0 Å². The summed E-state index contributed by atoms with van der Waals surface area (Å²) in [5.41, 5.74) is 1.83. The van der Waals surface area contributed by atoms with Crippen LogP contribution in [0, 0.1) is 0 Å². The number of esters is 1. The molecule has 7 heteroatoms. The summed E-state index contributed by atoms with van der Waals surface area (Å²) >= 11 is 0. The smallest absolute Gasteiger partial charge is 0.307 e. The highest BCUT2D eigenvalue weighted by Gasteiger charge is 2.11. The third kappa shape index (κ3) is 3.47. The van der Waals surface area contributed by atoms with E-state index in [4.69, 9.17) is 4.74 Å². The fourth-order valence-electron chi connectivity index (χ4n) is 1.67. The van der Waals surface area contributed by atoms with Gasteiger partial charge in [-0.1, -0.05) is 0 Å². The highest BCUT2D eigenvalue weighted by molar-refractivity contribution is 5.93. The van der Waals surface area contributed by atoms with E-state index in [9.17, 15) is 9.59 Å². The summed E-state index contributed by atoms with van der Waals surface area (Å²) in [5.74, 6) is -0.635. The number of carbonyl (C=O) groups excluding carboxylic acids is 2. The van der Waals surface area contributed by atoms with Crippen molar-refractivity contribution in [3.8, 4) is 11.4 Å². The Hall–Kier alpha value is -2.57. The second-order valence-corrected chi connectivity index (χ2v) is 4.06. The molecule has 0 spiro atoms. The quantitative estimate of drug-likeness (QED) is 0.687. The lowest BCUT2D eigenvalue weighted by Gasteiger charge is -2.03. The van der Waals surface area contributed by atoms with Crippen LogP contribution in [-0.2, 0) is 9.53 Å². The number of carbonyl (C=O) groups is 2. The zero-order valence-electron chi connectivity index (χ0n) is 11.1. The molecule has 0 radical (unpaired) electrons. The third-order valence-corrected chi connectivity index (χ3v) is 2.62. The molecule has 2 heterocycles. The minimum absolute atomic E-state index is 0.150. The first kappa shape index (κ1) is 13.9. The number of ether oxygens (including phenoxy) is 1. The minimum Gasteiger partial charge on any atom is -0.466 e. The van der Waals surface area contributed by atoms with Gasteiger partial charge in [0, 0.05) is 12.7 Å². The van der Waals surface area contributed by atoms with Crippen molar-refractivity contribution in [1.82, 2.24) is 20.5 Å². The van der Waals surface area contributed by atoms with Crippen LogP contribution in [0.1, 0.15) is 23.8 Å². The van der Waals surface area contributed by atoms with E-state index < -0.39 is 0 Å². The van der Waals surface area contributed by atoms with Crippen LogP contribution in [0.3, 0.4) is 0 Å². The molecule has 0 aliphatic heterocycles. The van der Waals surface area contributed by atoms with Gasteiger partial charge >= 0.3 is 5.97 Å². The maximum Gasteiger partial charge on any atom is 0.307 e. The summed E-state index contributed by atoms with van der Waals surface area (Å²) in [4.78, 5) is 25.9. The first-order chi connectivity index (χ1) is 9.70. The maximum atomic E-state index is 11.8. The van der Waals surface area contributed by atoms with Gasteiger partial charge in [-0.25, -0.2) is 0 Å². The average Bonchev–Trinajstić information content (AvgIpc) is 3.10. The Bertz CT molecular complexity index is 574. The van der Waals surface area contributed by atoms with Crippen LogP contribution in [0.4, 0.5) is 0 Å². The van der Waals surface area contributed by atoms with E-state index in [0.717, 1.165) is 5.69 Å². The first-order valence-electron chi connectivity index (χ1n) is 6.33. The summed E-state index contributed by atoms with van der Waals surface area (Å²) in [5, 5.41) is 9.33. The normalized spacial score (nSPS) is 10.2. The second-order valence-electron chi connectivity index (χ2n) is 4.06. The van der Waals surface area contributed by atoms with Crippen molar-refractivity contribution in [2.75, 3.05) is 13.2 Å². The van der Waals surface area contributed by atoms with E-state index in [-0.39, 0.29) is 24.8 Å². The van der Waals surface area contributed by atoms with Crippen LogP contribution in [0.15, 0.2) is 24.4 Å². The molecule has 20 heavy (non-hydrogen) atoms. The molecule has 106 valence electrons. The van der Waals surface area contributed by atoms with Gasteiger partial charge in [0.15, 0.2) is 0 Å². The molecule has 0 aromatic carbocycles. The number of H-pyrrole nitrogens is 2. The largest absolute Gasteiger partial charge is 0.466 e. The van der Waals surface area contributed by atoms with Gasteiger partial charge in [0.05, 0.1) is 18.7 Å². The molecule has 0 bridgehead atoms. The SMILES string of the molecule is CCOC(=O)CCNC(=O)c1cc(-c2ccc[nH]2)n[nH]1. The number of nitrogens with one attached hydrogen (secondary N) is 3. The molecule has 0 aliphatic rings. The molecule has 7 nitrogen and oxygen atoms in total. The molecule has 0 saturated carbocycles. The van der Waals surface area contributed by atoms with Crippen LogP contribution in [0.2, 0.25) is 0 Å². The maximum absolute atomic E-state index is 11.8. The summed E-state index contributed by atoms with van der Waals surface area (Å²) in [6.07, 6.45) is 1.93. The zero-order valence-corrected chi connectivity index (χ0v) is 11.1. The van der Waals surface area contributed by atoms with E-state index in [1.165, 1.54) is 0 Å². The molecule has 0 atom stereocenters. The van der Waals surface area contributed by atoms with Crippen molar-refractivity contribution in [1.29, 1.82) is 0 Å². The molecule has 0 aliphatic carbocycles. The van der Waals surface area contributed by atoms with Gasteiger partial charge in [0.2, 0.25) is 0 Å². The monoisotopic (exact) mass is 276 g/mol. The van der Waals surface area contributed by atoms with Crippen molar-refractivity contribution in [3.63, 3.8) is 0 Å². The van der Waals surface area contributed by atoms with E-state index in [2.05, 4.69) is 20.5 Å². The van der Waals surface area contributed by atoms with Crippen LogP contribution in [0.5, 0.6) is 0 Å². The Balaban J connectivity index is 1.86. The van der Waals surface area contributed by atoms with Crippen molar-refractivity contribution in [2.24, 2.45) is 0 Å². The Labute approximate surface area is 115 Å². The summed E-state index contributed by atoms with van der Waals surface area (Å²) in [6.45, 7) is 2.31. The van der Waals surface area contributed by atoms with Gasteiger partial charge < -0.3 is 15.0 Å². The predicted molar refractivity (Wildman–Crippen MR) is 72.0 cm³/mol. The predicted octanol–water partition coefficient (Wildman–Crippen LogP) is 1.09. The molecule has 2 aromatic heterocycles. The van der Waals surface area contributed by atoms with Crippen molar-refractivity contribution < 1.29 is 14.3 Å². The van der Waals surface area contributed by atoms with Crippen LogP contribution in [0.25, 0.3) is 11.4 Å². The number of hydrogen-bond donors (Lipinski definition) is 3. The minimum atomic E-state index is -0.329. The summed E-state index contributed by atoms with van der Waals surface area (Å²) < 4.78 is 4.77. The topological polar surface area (TPSA) is 99.9 Å². The van der Waals surface area contributed by atoms with Gasteiger partial charge in [-0.05, 0) is 25.1 Å². The van der Waals surface area contributed by atoms with Crippen molar-refractivity contribution in [3.05, 3.63) is 30.1 Å². The number of rotatable bonds is 6. The fourth-order valence-corrected chi connectivity index (χ4v) is 1.67.